The molecule has 1 saturated carbocycles. The maximum Gasteiger partial charge on any atom is 0.182 e. The van der Waals surface area contributed by atoms with Gasteiger partial charge in [0.25, 0.3) is 0 Å². The fourth-order valence-corrected chi connectivity index (χ4v) is 8.52. The molecule has 3 aromatic rings. The van der Waals surface area contributed by atoms with E-state index in [0.29, 0.717) is 35.5 Å². The minimum absolute atomic E-state index is 0.105. The fraction of sp³-hybridized carbons (Fsp3) is 0.524. The quantitative estimate of drug-likeness (QED) is 0.187. The fourth-order valence-electron chi connectivity index (χ4n) is 8.52. The highest BCUT2D eigenvalue weighted by molar-refractivity contribution is 5.83. The Balaban J connectivity index is 1.28. The van der Waals surface area contributed by atoms with Gasteiger partial charge < -0.3 is 29.2 Å². The van der Waals surface area contributed by atoms with Crippen molar-refractivity contribution in [3.05, 3.63) is 64.2 Å². The summed E-state index contributed by atoms with van der Waals surface area (Å²) in [7, 11) is 1.73. The summed E-state index contributed by atoms with van der Waals surface area (Å²) >= 11 is 0. The minimum Gasteiger partial charge on any atom is -0.508 e. The molecule has 2 aliphatic carbocycles. The van der Waals surface area contributed by atoms with Crippen molar-refractivity contribution in [2.45, 2.75) is 122 Å². The van der Waals surface area contributed by atoms with Crippen LogP contribution >= 0.6 is 0 Å². The van der Waals surface area contributed by atoms with Crippen molar-refractivity contribution >= 4 is 0 Å². The molecule has 0 unspecified atom stereocenters. The molecule has 6 nitrogen and oxygen atoms in total. The van der Waals surface area contributed by atoms with E-state index in [1.807, 2.05) is 30.3 Å². The highest BCUT2D eigenvalue weighted by atomic mass is 16.5. The lowest BCUT2D eigenvalue weighted by atomic mass is 9.72. The molecule has 3 aromatic carbocycles. The van der Waals surface area contributed by atoms with E-state index in [1.54, 1.807) is 7.11 Å². The van der Waals surface area contributed by atoms with Crippen LogP contribution in [0.2, 0.25) is 0 Å². The molecule has 2 N–H and O–H groups in total. The average molecular weight is 651 g/mol. The first-order valence-electron chi connectivity index (χ1n) is 18.2. The molecule has 2 aliphatic heterocycles. The number of hydrogen-bond donors (Lipinski definition) is 2. The van der Waals surface area contributed by atoms with Crippen LogP contribution in [-0.4, -0.2) is 29.5 Å². The van der Waals surface area contributed by atoms with Crippen LogP contribution in [0, 0.1) is 23.9 Å². The lowest BCUT2D eigenvalue weighted by Crippen LogP contribution is -2.32. The van der Waals surface area contributed by atoms with Crippen molar-refractivity contribution in [1.82, 2.24) is 0 Å². The van der Waals surface area contributed by atoms with Crippen LogP contribution in [0.25, 0.3) is 11.1 Å². The zero-order valence-electron chi connectivity index (χ0n) is 28.9. The Morgan fingerprint density at radius 2 is 1.83 bits per heavy atom. The van der Waals surface area contributed by atoms with Crippen molar-refractivity contribution in [1.29, 1.82) is 0 Å². The summed E-state index contributed by atoms with van der Waals surface area (Å²) in [6.45, 7) is 6.59. The van der Waals surface area contributed by atoms with Gasteiger partial charge in [0, 0.05) is 36.0 Å². The van der Waals surface area contributed by atoms with Gasteiger partial charge >= 0.3 is 0 Å². The Kier molecular flexibility index (Phi) is 9.52. The van der Waals surface area contributed by atoms with Crippen LogP contribution in [0.5, 0.6) is 28.7 Å². The number of unbranched alkanes of at least 4 members (excludes halogenated alkanes) is 2. The lowest BCUT2D eigenvalue weighted by Gasteiger charge is -2.38. The number of fused-ring (bicyclic) bond motifs is 7. The predicted molar refractivity (Wildman–Crippen MR) is 188 cm³/mol. The molecule has 0 amide bonds. The molecule has 48 heavy (non-hydrogen) atoms. The SMILES string of the molecule is CCCCC[C@H]1Cc2cc(O)c(CC(C)C)cc2-c2c(OC)cc3c(c21)C[C@@H](O)[C@H](c1ccc2c(c1)O[C@@H]1CCCC[C@@H]1CC#CO2)O3. The Morgan fingerprint density at radius 1 is 0.979 bits per heavy atom. The first-order valence-corrected chi connectivity index (χ1v) is 18.2. The van der Waals surface area contributed by atoms with Crippen molar-refractivity contribution in [3.8, 4) is 51.9 Å². The summed E-state index contributed by atoms with van der Waals surface area (Å²) in [4.78, 5) is 0. The molecular formula is C42H50O6. The molecule has 1 fully saturated rings. The molecule has 0 saturated heterocycles. The van der Waals surface area contributed by atoms with Gasteiger partial charge in [0.05, 0.1) is 13.2 Å². The van der Waals surface area contributed by atoms with Gasteiger partial charge in [-0.1, -0.05) is 58.4 Å². The maximum atomic E-state index is 11.8. The van der Waals surface area contributed by atoms with Crippen molar-refractivity contribution in [3.63, 3.8) is 0 Å². The number of benzene rings is 3. The third kappa shape index (κ3) is 6.34. The highest BCUT2D eigenvalue weighted by Crippen LogP contribution is 2.54. The Hall–Kier alpha value is -3.82. The second kappa shape index (κ2) is 14.0. The van der Waals surface area contributed by atoms with Crippen molar-refractivity contribution in [2.24, 2.45) is 11.8 Å². The minimum atomic E-state index is -0.749. The second-order valence-electron chi connectivity index (χ2n) is 14.8. The number of aliphatic hydroxyl groups is 1. The number of aliphatic hydroxyl groups excluding tert-OH is 1. The lowest BCUT2D eigenvalue weighted by molar-refractivity contribution is 0.0198. The standard InChI is InChI=1S/C42H50O6/c1-5-6-7-12-27-19-29-21-33(43)30(18-25(2)3)20-31(29)41-39(45-4)24-37-32(40(27)41)23-34(44)42(48-37)28-15-16-36-38(22-28)47-35-14-9-8-11-26(35)13-10-17-46-36/h15-16,20-22,24-27,34-35,42-44H,5-9,11-14,18-19,23H2,1-4H3/t26-,27+,34-,35-,42+/m1/s1. The summed E-state index contributed by atoms with van der Waals surface area (Å²) in [6, 6.07) is 12.0. The average Bonchev–Trinajstić information content (AvgIpc) is 3.16. The van der Waals surface area contributed by atoms with E-state index in [-0.39, 0.29) is 12.0 Å². The topological polar surface area (TPSA) is 77.4 Å². The Labute approximate surface area is 285 Å². The molecule has 6 heteroatoms. The highest BCUT2D eigenvalue weighted by Gasteiger charge is 2.39. The first kappa shape index (κ1) is 32.7. The van der Waals surface area contributed by atoms with Crippen molar-refractivity contribution < 1.29 is 29.2 Å². The van der Waals surface area contributed by atoms with E-state index in [4.69, 9.17) is 18.9 Å². The van der Waals surface area contributed by atoms with Crippen LogP contribution < -0.4 is 18.9 Å². The number of ether oxygens (including phenoxy) is 4. The molecule has 0 aromatic heterocycles. The molecule has 254 valence electrons. The number of hydrogen-bond acceptors (Lipinski definition) is 6. The smallest absolute Gasteiger partial charge is 0.182 e. The third-order valence-electron chi connectivity index (χ3n) is 10.9. The van der Waals surface area contributed by atoms with Crippen LogP contribution in [0.1, 0.15) is 118 Å². The number of aromatic hydroxyl groups is 1. The largest absolute Gasteiger partial charge is 0.508 e. The monoisotopic (exact) mass is 650 g/mol. The molecule has 0 spiro atoms. The summed E-state index contributed by atoms with van der Waals surface area (Å²) < 4.78 is 25.4. The van der Waals surface area contributed by atoms with E-state index in [0.717, 1.165) is 103 Å². The van der Waals surface area contributed by atoms with Gasteiger partial charge in [-0.05, 0) is 102 Å². The molecule has 0 bridgehead atoms. The van der Waals surface area contributed by atoms with Crippen LogP contribution in [0.15, 0.2) is 36.4 Å². The number of phenols is 1. The van der Waals surface area contributed by atoms with E-state index < -0.39 is 12.2 Å². The summed E-state index contributed by atoms with van der Waals surface area (Å²) in [5.74, 6) is 7.44. The van der Waals surface area contributed by atoms with E-state index in [9.17, 15) is 10.2 Å². The third-order valence-corrected chi connectivity index (χ3v) is 10.9. The maximum absolute atomic E-state index is 11.8. The molecule has 2 heterocycles. The summed E-state index contributed by atoms with van der Waals surface area (Å²) in [6.07, 6.45) is 13.5. The molecule has 0 radical (unpaired) electrons. The Morgan fingerprint density at radius 3 is 2.65 bits per heavy atom. The van der Waals surface area contributed by atoms with Gasteiger partial charge in [0.1, 0.15) is 35.6 Å². The number of methoxy groups -OCH3 is 1. The number of rotatable bonds is 8. The summed E-state index contributed by atoms with van der Waals surface area (Å²) in [5, 5.41) is 22.8. The van der Waals surface area contributed by atoms with Gasteiger partial charge in [0.2, 0.25) is 0 Å². The zero-order valence-corrected chi connectivity index (χ0v) is 28.9. The zero-order chi connectivity index (χ0) is 33.4. The molecular weight excluding hydrogens is 600 g/mol. The van der Waals surface area contributed by atoms with Crippen LogP contribution in [-0.2, 0) is 19.3 Å². The van der Waals surface area contributed by atoms with E-state index >= 15 is 0 Å². The molecule has 5 atom stereocenters. The summed E-state index contributed by atoms with van der Waals surface area (Å²) in [5.41, 5.74) is 7.49. The van der Waals surface area contributed by atoms with Crippen LogP contribution in [0.4, 0.5) is 0 Å². The van der Waals surface area contributed by atoms with Gasteiger partial charge in [-0.3, -0.25) is 0 Å². The van der Waals surface area contributed by atoms with Gasteiger partial charge in [-0.15, -0.1) is 0 Å². The Bertz CT molecular complexity index is 1710. The van der Waals surface area contributed by atoms with Crippen molar-refractivity contribution in [2.75, 3.05) is 7.11 Å². The molecule has 4 aliphatic rings. The molecule has 7 rings (SSSR count). The number of phenolic OH excluding ortho intramolecular Hbond substituents is 1. The second-order valence-corrected chi connectivity index (χ2v) is 14.8. The normalized spacial score (nSPS) is 23.9. The van der Waals surface area contributed by atoms with Crippen LogP contribution in [0.3, 0.4) is 0 Å². The van der Waals surface area contributed by atoms with Gasteiger partial charge in [-0.25, -0.2) is 0 Å². The predicted octanol–water partition coefficient (Wildman–Crippen LogP) is 9.20. The van der Waals surface area contributed by atoms with Gasteiger partial charge in [0.15, 0.2) is 11.5 Å². The van der Waals surface area contributed by atoms with E-state index in [2.05, 4.69) is 38.9 Å². The van der Waals surface area contributed by atoms with Gasteiger partial charge in [-0.2, -0.15) is 0 Å². The van der Waals surface area contributed by atoms with E-state index in [1.165, 1.54) is 18.4 Å². The first-order chi connectivity index (χ1) is 23.3.